The number of carboxylic acid groups (broad SMARTS) is 2. The average Bonchev–Trinajstić information content (AvgIpc) is 3.21. The Morgan fingerprint density at radius 1 is 1.19 bits per heavy atom. The molecule has 3 heterocycles. The van der Waals surface area contributed by atoms with Gasteiger partial charge in [-0.05, 0) is 12.8 Å². The van der Waals surface area contributed by atoms with E-state index in [0.29, 0.717) is 16.6 Å². The summed E-state index contributed by atoms with van der Waals surface area (Å²) in [5.41, 5.74) is 13.6. The van der Waals surface area contributed by atoms with E-state index in [2.05, 4.69) is 30.2 Å². The highest BCUT2D eigenvalue weighted by Crippen LogP contribution is 2.17. The van der Waals surface area contributed by atoms with Crippen molar-refractivity contribution in [1.82, 2.24) is 24.9 Å². The standard InChI is InChI=1S/C11H14N8S.2CH2O2/c12-10-18-8(7-9(19-10)16-5-15-7)14-3-1-2-6-4-20-11(13)17-6;2*2-1-3/h4-5H,1-3H2,(H2,13,17)(H4,12,14,15,16,18,19);2*1H,(H,2,3). The monoisotopic (exact) mass is 382 g/mol. The second-order valence-corrected chi connectivity index (χ2v) is 5.34. The third kappa shape index (κ3) is 6.56. The van der Waals surface area contributed by atoms with Crippen LogP contribution in [0, 0.1) is 0 Å². The van der Waals surface area contributed by atoms with Gasteiger partial charge in [-0.2, -0.15) is 9.97 Å². The number of aromatic nitrogens is 5. The number of imidazole rings is 1. The van der Waals surface area contributed by atoms with Crippen LogP contribution in [0.2, 0.25) is 0 Å². The van der Waals surface area contributed by atoms with Crippen molar-refractivity contribution in [2.75, 3.05) is 23.3 Å². The third-order valence-corrected chi connectivity index (χ3v) is 3.50. The summed E-state index contributed by atoms with van der Waals surface area (Å²) in [6, 6.07) is 0. The van der Waals surface area contributed by atoms with E-state index in [9.17, 15) is 0 Å². The Hall–Kier alpha value is -3.48. The van der Waals surface area contributed by atoms with Crippen LogP contribution >= 0.6 is 11.3 Å². The second kappa shape index (κ2) is 11.1. The number of fused-ring (bicyclic) bond motifs is 1. The van der Waals surface area contributed by atoms with Gasteiger partial charge in [0.2, 0.25) is 5.95 Å². The van der Waals surface area contributed by atoms with Crippen molar-refractivity contribution < 1.29 is 19.8 Å². The molecule has 0 saturated heterocycles. The molecule has 3 rings (SSSR count). The molecule has 0 fully saturated rings. The molecule has 140 valence electrons. The van der Waals surface area contributed by atoms with Gasteiger partial charge in [-0.25, -0.2) is 9.97 Å². The summed E-state index contributed by atoms with van der Waals surface area (Å²) in [6.07, 6.45) is 3.36. The summed E-state index contributed by atoms with van der Waals surface area (Å²) in [6.45, 7) is 0.252. The topological polar surface area (TPSA) is 206 Å². The Morgan fingerprint density at radius 2 is 1.88 bits per heavy atom. The molecule has 0 aliphatic carbocycles. The summed E-state index contributed by atoms with van der Waals surface area (Å²) >= 11 is 1.46. The molecule has 0 atom stereocenters. The zero-order chi connectivity index (χ0) is 19.4. The van der Waals surface area contributed by atoms with Crippen LogP contribution in [0.5, 0.6) is 0 Å². The van der Waals surface area contributed by atoms with E-state index in [4.69, 9.17) is 31.3 Å². The molecule has 0 bridgehead atoms. The Labute approximate surface area is 151 Å². The number of H-pyrrole nitrogens is 1. The van der Waals surface area contributed by atoms with Gasteiger partial charge in [0, 0.05) is 11.9 Å². The maximum absolute atomic E-state index is 8.36. The van der Waals surface area contributed by atoms with Crippen molar-refractivity contribution in [2.45, 2.75) is 12.8 Å². The Balaban J connectivity index is 0.000000499. The van der Waals surface area contributed by atoms with Crippen molar-refractivity contribution in [2.24, 2.45) is 0 Å². The van der Waals surface area contributed by atoms with Gasteiger partial charge in [-0.15, -0.1) is 11.3 Å². The van der Waals surface area contributed by atoms with Crippen LogP contribution in [0.3, 0.4) is 0 Å². The lowest BCUT2D eigenvalue weighted by Gasteiger charge is -2.06. The first-order valence-electron chi connectivity index (χ1n) is 7.11. The molecule has 0 spiro atoms. The molecular weight excluding hydrogens is 364 g/mol. The SMILES string of the molecule is Nc1nc(NCCCc2csc(N)n2)c2[nH]cnc2n1.O=CO.O=CO. The molecule has 0 aliphatic rings. The van der Waals surface area contributed by atoms with Crippen LogP contribution in [-0.2, 0) is 16.0 Å². The van der Waals surface area contributed by atoms with Crippen molar-refractivity contribution in [3.8, 4) is 0 Å². The van der Waals surface area contributed by atoms with Gasteiger partial charge >= 0.3 is 0 Å². The summed E-state index contributed by atoms with van der Waals surface area (Å²) in [7, 11) is 0. The Morgan fingerprint density at radius 3 is 2.50 bits per heavy atom. The smallest absolute Gasteiger partial charge is 0.290 e. The van der Waals surface area contributed by atoms with E-state index in [1.54, 1.807) is 6.33 Å². The highest BCUT2D eigenvalue weighted by atomic mass is 32.1. The number of thiazole rings is 1. The molecule has 12 nitrogen and oxygen atoms in total. The molecule has 0 amide bonds. The summed E-state index contributed by atoms with van der Waals surface area (Å²) in [5, 5.41) is 19.6. The number of nitrogens with two attached hydrogens (primary N) is 2. The predicted molar refractivity (Wildman–Crippen MR) is 96.8 cm³/mol. The number of hydrogen-bond donors (Lipinski definition) is 6. The predicted octanol–water partition coefficient (Wildman–Crippen LogP) is 0.420. The highest BCUT2D eigenvalue weighted by molar-refractivity contribution is 7.13. The molecule has 0 radical (unpaired) electrons. The van der Waals surface area contributed by atoms with Gasteiger partial charge in [0.1, 0.15) is 5.52 Å². The first kappa shape index (κ1) is 20.6. The minimum Gasteiger partial charge on any atom is -0.483 e. The van der Waals surface area contributed by atoms with Crippen LogP contribution in [0.4, 0.5) is 16.9 Å². The van der Waals surface area contributed by atoms with Crippen molar-refractivity contribution in [3.05, 3.63) is 17.4 Å². The lowest BCUT2D eigenvalue weighted by atomic mass is 10.2. The number of nitrogens with one attached hydrogen (secondary N) is 2. The van der Waals surface area contributed by atoms with E-state index in [0.717, 1.165) is 30.6 Å². The van der Waals surface area contributed by atoms with Gasteiger partial charge < -0.3 is 32.0 Å². The van der Waals surface area contributed by atoms with Crippen LogP contribution in [0.1, 0.15) is 12.1 Å². The first-order valence-corrected chi connectivity index (χ1v) is 7.99. The van der Waals surface area contributed by atoms with E-state index >= 15 is 0 Å². The fourth-order valence-corrected chi connectivity index (χ4v) is 2.49. The molecule has 26 heavy (non-hydrogen) atoms. The molecular formula is C13H18N8O4S. The van der Waals surface area contributed by atoms with Gasteiger partial charge in [0.05, 0.1) is 12.0 Å². The quantitative estimate of drug-likeness (QED) is 0.263. The van der Waals surface area contributed by atoms with Gasteiger partial charge in [0.25, 0.3) is 12.9 Å². The number of rotatable bonds is 5. The maximum Gasteiger partial charge on any atom is 0.290 e. The highest BCUT2D eigenvalue weighted by Gasteiger charge is 2.07. The number of hydrogen-bond acceptors (Lipinski definition) is 10. The number of anilines is 3. The maximum atomic E-state index is 8.36. The van der Waals surface area contributed by atoms with Crippen LogP contribution < -0.4 is 16.8 Å². The van der Waals surface area contributed by atoms with E-state index in [1.165, 1.54) is 11.3 Å². The zero-order valence-corrected chi connectivity index (χ0v) is 14.3. The number of nitrogen functional groups attached to an aromatic ring is 2. The van der Waals surface area contributed by atoms with Crippen molar-refractivity contribution in [1.29, 1.82) is 0 Å². The normalized spacial score (nSPS) is 9.38. The van der Waals surface area contributed by atoms with Crippen molar-refractivity contribution >= 4 is 52.3 Å². The molecule has 0 aromatic carbocycles. The molecule has 3 aromatic rings. The summed E-state index contributed by atoms with van der Waals surface area (Å²) in [4.78, 5) is 36.2. The van der Waals surface area contributed by atoms with E-state index < -0.39 is 0 Å². The lowest BCUT2D eigenvalue weighted by molar-refractivity contribution is -0.123. The minimum absolute atomic E-state index is 0.208. The fraction of sp³-hybridized carbons (Fsp3) is 0.231. The number of aryl methyl sites for hydroxylation is 1. The lowest BCUT2D eigenvalue weighted by Crippen LogP contribution is -2.07. The number of carbonyl (C=O) groups is 2. The molecule has 0 aliphatic heterocycles. The molecule has 0 saturated carbocycles. The van der Waals surface area contributed by atoms with Crippen LogP contribution in [0.15, 0.2) is 11.7 Å². The number of nitrogens with zero attached hydrogens (tertiary/aromatic N) is 4. The second-order valence-electron chi connectivity index (χ2n) is 4.45. The Bertz CT molecular complexity index is 815. The summed E-state index contributed by atoms with van der Waals surface area (Å²) in [5.74, 6) is 0.877. The van der Waals surface area contributed by atoms with E-state index in [1.807, 2.05) is 5.38 Å². The molecule has 0 unspecified atom stereocenters. The average molecular weight is 382 g/mol. The largest absolute Gasteiger partial charge is 0.483 e. The Kier molecular flexibility index (Phi) is 8.81. The minimum atomic E-state index is -0.250. The first-order chi connectivity index (χ1) is 12.5. The van der Waals surface area contributed by atoms with E-state index in [-0.39, 0.29) is 18.9 Å². The van der Waals surface area contributed by atoms with Crippen molar-refractivity contribution in [3.63, 3.8) is 0 Å². The third-order valence-electron chi connectivity index (χ3n) is 2.77. The fourth-order valence-electron chi connectivity index (χ4n) is 1.89. The molecule has 13 heteroatoms. The zero-order valence-electron chi connectivity index (χ0n) is 13.5. The van der Waals surface area contributed by atoms with Gasteiger partial charge in [0.15, 0.2) is 16.6 Å². The molecule has 3 aromatic heterocycles. The van der Waals surface area contributed by atoms with Gasteiger partial charge in [-0.1, -0.05) is 0 Å². The number of aromatic amines is 1. The van der Waals surface area contributed by atoms with Gasteiger partial charge in [-0.3, -0.25) is 9.59 Å². The summed E-state index contributed by atoms with van der Waals surface area (Å²) < 4.78 is 0. The van der Waals surface area contributed by atoms with Crippen LogP contribution in [0.25, 0.3) is 11.2 Å². The van der Waals surface area contributed by atoms with Crippen LogP contribution in [-0.4, -0.2) is 54.6 Å². The molecule has 8 N–H and O–H groups in total.